The molecule has 0 saturated heterocycles. The molecule has 0 saturated carbocycles. The number of hydrogen-bond donors (Lipinski definition) is 0. The maximum Gasteiger partial charge on any atom is 0.0833 e. The van der Waals surface area contributed by atoms with Crippen molar-refractivity contribution in [2.45, 2.75) is 90.3 Å². The van der Waals surface area contributed by atoms with Gasteiger partial charge in [-0.15, -0.1) is 0 Å². The highest BCUT2D eigenvalue weighted by Crippen LogP contribution is 2.26. The van der Waals surface area contributed by atoms with Crippen molar-refractivity contribution in [3.8, 4) is 0 Å². The third kappa shape index (κ3) is 19.3. The van der Waals surface area contributed by atoms with E-state index in [1.807, 2.05) is 0 Å². The molecule has 5 atom stereocenters. The summed E-state index contributed by atoms with van der Waals surface area (Å²) in [5, 5.41) is 0. The van der Waals surface area contributed by atoms with Gasteiger partial charge in [-0.05, 0) is 51.4 Å². The van der Waals surface area contributed by atoms with Gasteiger partial charge >= 0.3 is 0 Å². The van der Waals surface area contributed by atoms with Crippen LogP contribution in [0.5, 0.6) is 0 Å². The smallest absolute Gasteiger partial charge is 0.0833 e. The van der Waals surface area contributed by atoms with Gasteiger partial charge in [0.2, 0.25) is 0 Å². The van der Waals surface area contributed by atoms with E-state index in [2.05, 4.69) is 80.9 Å². The number of rotatable bonds is 18. The van der Waals surface area contributed by atoms with Gasteiger partial charge in [-0.2, -0.15) is 0 Å². The highest BCUT2D eigenvalue weighted by atomic mass is 32.0. The molecule has 0 aliphatic heterocycles. The van der Waals surface area contributed by atoms with Crippen molar-refractivity contribution in [3.63, 3.8) is 0 Å². The molecule has 5 heteroatoms. The fourth-order valence-corrected chi connectivity index (χ4v) is 3.70. The number of unbranched alkanes of at least 4 members (excludes halogenated alkanes) is 3. The van der Waals surface area contributed by atoms with Crippen LogP contribution in [0.25, 0.3) is 0 Å². The minimum absolute atomic E-state index is 0.211. The lowest BCUT2D eigenvalue weighted by molar-refractivity contribution is 0.225. The maximum absolute atomic E-state index is 5.75. The second kappa shape index (κ2) is 22.5. The van der Waals surface area contributed by atoms with Gasteiger partial charge in [0.15, 0.2) is 0 Å². The van der Waals surface area contributed by atoms with Gasteiger partial charge < -0.3 is 9.05 Å². The Labute approximate surface area is 175 Å². The van der Waals surface area contributed by atoms with Gasteiger partial charge in [0.1, 0.15) is 0 Å². The summed E-state index contributed by atoms with van der Waals surface area (Å²) in [5.74, 6) is 0. The lowest BCUT2D eigenvalue weighted by atomic mass is 10.1. The first kappa shape index (κ1) is 27.2. The zero-order valence-electron chi connectivity index (χ0n) is 17.3. The largest absolute Gasteiger partial charge is 0.362 e. The van der Waals surface area contributed by atoms with Gasteiger partial charge in [-0.1, -0.05) is 84.2 Å². The van der Waals surface area contributed by atoms with Crippen LogP contribution >= 0.6 is 26.9 Å². The molecule has 0 amide bonds. The first-order valence-corrected chi connectivity index (χ1v) is 13.6. The molecule has 0 N–H and O–H groups in total. The molecule has 0 spiro atoms. The third-order valence-electron chi connectivity index (χ3n) is 4.14. The van der Waals surface area contributed by atoms with Crippen molar-refractivity contribution in [2.75, 3.05) is 0 Å². The first-order valence-electron chi connectivity index (χ1n) is 10.4. The second-order valence-electron chi connectivity index (χ2n) is 6.56. The van der Waals surface area contributed by atoms with Crippen LogP contribution in [0.3, 0.4) is 0 Å². The zero-order valence-corrected chi connectivity index (χ0v) is 20.6. The van der Waals surface area contributed by atoms with Crippen LogP contribution in [0.2, 0.25) is 0 Å². The molecular weight excluding hydrogens is 389 g/mol. The van der Waals surface area contributed by atoms with Crippen LogP contribution < -0.4 is 0 Å². The van der Waals surface area contributed by atoms with E-state index >= 15 is 0 Å². The summed E-state index contributed by atoms with van der Waals surface area (Å²) in [7, 11) is 5.55. The molecular formula is C22H41O2P3. The molecule has 0 heterocycles. The molecule has 0 aliphatic carbocycles. The van der Waals surface area contributed by atoms with E-state index in [1.54, 1.807) is 0 Å². The first-order chi connectivity index (χ1) is 13.3. The Hall–Kier alpha value is 0.170. The summed E-state index contributed by atoms with van der Waals surface area (Å²) < 4.78 is 11.3. The van der Waals surface area contributed by atoms with E-state index in [0.29, 0.717) is 14.6 Å². The van der Waals surface area contributed by atoms with E-state index in [-0.39, 0.29) is 6.10 Å². The number of allylic oxidation sites excluding steroid dienone is 5. The van der Waals surface area contributed by atoms with Crippen molar-refractivity contribution in [1.29, 1.82) is 0 Å². The van der Waals surface area contributed by atoms with Gasteiger partial charge in [0.25, 0.3) is 0 Å². The molecule has 2 nitrogen and oxygen atoms in total. The van der Waals surface area contributed by atoms with Gasteiger partial charge in [0.05, 0.1) is 12.2 Å². The average Bonchev–Trinajstić information content (AvgIpc) is 2.68. The number of hydrogen-bond acceptors (Lipinski definition) is 2. The summed E-state index contributed by atoms with van der Waals surface area (Å²) in [4.78, 5) is 0. The van der Waals surface area contributed by atoms with Crippen molar-refractivity contribution >= 4 is 26.9 Å². The molecule has 0 fully saturated rings. The molecule has 156 valence electrons. The highest BCUT2D eigenvalue weighted by molar-refractivity contribution is 8.00. The third-order valence-corrected chi connectivity index (χ3v) is 5.37. The van der Waals surface area contributed by atoms with Crippen LogP contribution in [0.1, 0.15) is 78.1 Å². The Morgan fingerprint density at radius 3 is 2.37 bits per heavy atom. The summed E-state index contributed by atoms with van der Waals surface area (Å²) in [6.45, 7) is 4.37. The standard InChI is InChI=1S/C22H41O2P3/c1-3-5-7-8-9-10-14-17-21(23-25)18-15-11-12-16-20-22(24-27-26)19-13-6-4-2/h6-8,10,13-14,16,20-22,27H,3-5,9,11-12,15,17-19,25-26H2,1-2H3/b8-7-,13-6-,14-10-,20-16-. The van der Waals surface area contributed by atoms with Crippen LogP contribution in [0, 0.1) is 0 Å². The van der Waals surface area contributed by atoms with E-state index < -0.39 is 0 Å². The topological polar surface area (TPSA) is 18.5 Å². The Balaban J connectivity index is 3.90. The van der Waals surface area contributed by atoms with Crippen molar-refractivity contribution < 1.29 is 9.05 Å². The molecule has 0 bridgehead atoms. The van der Waals surface area contributed by atoms with E-state index in [4.69, 9.17) is 9.05 Å². The summed E-state index contributed by atoms with van der Waals surface area (Å²) >= 11 is 0. The van der Waals surface area contributed by atoms with Crippen molar-refractivity contribution in [2.24, 2.45) is 0 Å². The fourth-order valence-electron chi connectivity index (χ4n) is 2.58. The molecule has 27 heavy (non-hydrogen) atoms. The minimum atomic E-state index is 0.211. The van der Waals surface area contributed by atoms with Crippen LogP contribution in [0.15, 0.2) is 48.6 Å². The predicted octanol–water partition coefficient (Wildman–Crippen LogP) is 8.10. The molecule has 0 aliphatic rings. The van der Waals surface area contributed by atoms with Gasteiger partial charge in [0, 0.05) is 18.0 Å². The molecule has 0 aromatic carbocycles. The van der Waals surface area contributed by atoms with Gasteiger partial charge in [-0.3, -0.25) is 0 Å². The monoisotopic (exact) mass is 430 g/mol. The molecule has 0 aromatic rings. The summed E-state index contributed by atoms with van der Waals surface area (Å²) in [6, 6.07) is 0. The van der Waals surface area contributed by atoms with Crippen LogP contribution in [0.4, 0.5) is 0 Å². The lowest BCUT2D eigenvalue weighted by Gasteiger charge is -2.12. The SMILES string of the molecule is CC/C=C\CC(/C=C\CCCCC(C/C=C\C/C=C\CCC)OP)OPP. The van der Waals surface area contributed by atoms with E-state index in [1.165, 1.54) is 25.7 Å². The molecule has 0 aromatic heterocycles. The van der Waals surface area contributed by atoms with Crippen molar-refractivity contribution in [3.05, 3.63) is 48.6 Å². The summed E-state index contributed by atoms with van der Waals surface area (Å²) in [6.07, 6.45) is 29.5. The Morgan fingerprint density at radius 1 is 0.889 bits per heavy atom. The van der Waals surface area contributed by atoms with Crippen LogP contribution in [-0.4, -0.2) is 12.2 Å². The molecule has 0 radical (unpaired) electrons. The normalized spacial score (nSPS) is 15.4. The second-order valence-corrected chi connectivity index (χ2v) is 8.01. The molecule has 5 unspecified atom stereocenters. The fraction of sp³-hybridized carbons (Fsp3) is 0.636. The van der Waals surface area contributed by atoms with Crippen molar-refractivity contribution in [1.82, 2.24) is 0 Å². The Kier molecular flexibility index (Phi) is 22.6. The van der Waals surface area contributed by atoms with E-state index in [9.17, 15) is 0 Å². The highest BCUT2D eigenvalue weighted by Gasteiger charge is 2.04. The Morgan fingerprint density at radius 2 is 1.67 bits per heavy atom. The lowest BCUT2D eigenvalue weighted by Crippen LogP contribution is -2.05. The Bertz CT molecular complexity index is 420. The van der Waals surface area contributed by atoms with Crippen LogP contribution in [-0.2, 0) is 9.05 Å². The maximum atomic E-state index is 5.75. The summed E-state index contributed by atoms with van der Waals surface area (Å²) in [5.41, 5.74) is 0. The predicted molar refractivity (Wildman–Crippen MR) is 132 cm³/mol. The molecule has 0 rings (SSSR count). The van der Waals surface area contributed by atoms with E-state index in [0.717, 1.165) is 38.5 Å². The quantitative estimate of drug-likeness (QED) is 0.124. The zero-order chi connectivity index (χ0) is 20.0. The minimum Gasteiger partial charge on any atom is -0.362 e. The van der Waals surface area contributed by atoms with Gasteiger partial charge in [-0.25, -0.2) is 0 Å². The average molecular weight is 430 g/mol.